The fourth-order valence-electron chi connectivity index (χ4n) is 3.10. The Morgan fingerprint density at radius 2 is 1.89 bits per heavy atom. The van der Waals surface area contributed by atoms with Crippen molar-refractivity contribution < 1.29 is 19.5 Å². The number of likely N-dealkylation sites (tertiary alicyclic amines) is 1. The van der Waals surface area contributed by atoms with Gasteiger partial charge in [-0.1, -0.05) is 25.0 Å². The summed E-state index contributed by atoms with van der Waals surface area (Å²) < 4.78 is 1.40. The molecule has 1 fully saturated rings. The van der Waals surface area contributed by atoms with Gasteiger partial charge in [0, 0.05) is 19.2 Å². The molecule has 8 heteroatoms. The van der Waals surface area contributed by atoms with Gasteiger partial charge in [-0.25, -0.2) is 9.48 Å². The summed E-state index contributed by atoms with van der Waals surface area (Å²) in [5.41, 5.74) is 0.974. The van der Waals surface area contributed by atoms with Gasteiger partial charge in [0.2, 0.25) is 11.8 Å². The Kier molecular flexibility index (Phi) is 5.85. The van der Waals surface area contributed by atoms with Gasteiger partial charge in [0.25, 0.3) is 0 Å². The maximum atomic E-state index is 12.5. The molecule has 0 saturated carbocycles. The molecule has 1 aliphatic heterocycles. The van der Waals surface area contributed by atoms with Crippen molar-refractivity contribution in [1.29, 1.82) is 0 Å². The van der Waals surface area contributed by atoms with Crippen molar-refractivity contribution in [1.82, 2.24) is 14.7 Å². The zero-order valence-electron chi connectivity index (χ0n) is 14.9. The number of hydrogen-bond donors (Lipinski definition) is 2. The van der Waals surface area contributed by atoms with E-state index in [1.165, 1.54) is 16.9 Å². The summed E-state index contributed by atoms with van der Waals surface area (Å²) in [5.74, 6) is -1.40. The van der Waals surface area contributed by atoms with Crippen molar-refractivity contribution in [3.05, 3.63) is 42.2 Å². The monoisotopic (exact) mass is 370 g/mol. The fourth-order valence-corrected chi connectivity index (χ4v) is 3.10. The van der Waals surface area contributed by atoms with Gasteiger partial charge in [-0.2, -0.15) is 5.10 Å². The number of nitrogens with one attached hydrogen (secondary N) is 1. The third-order valence-corrected chi connectivity index (χ3v) is 4.49. The number of aromatic nitrogens is 2. The minimum absolute atomic E-state index is 0.00660. The van der Waals surface area contributed by atoms with Crippen molar-refractivity contribution in [3.8, 4) is 5.69 Å². The SMILES string of the molecule is O=C(CN1CCCCCCC1=O)Nc1ccccc1-n1ccc(C(=O)O)n1. The summed E-state index contributed by atoms with van der Waals surface area (Å²) in [6, 6.07) is 8.37. The van der Waals surface area contributed by atoms with Crippen LogP contribution in [-0.2, 0) is 9.59 Å². The first-order valence-electron chi connectivity index (χ1n) is 9.00. The number of rotatable bonds is 5. The van der Waals surface area contributed by atoms with Crippen LogP contribution in [0.5, 0.6) is 0 Å². The molecule has 8 nitrogen and oxygen atoms in total. The van der Waals surface area contributed by atoms with Gasteiger partial charge in [0.05, 0.1) is 17.9 Å². The number of carboxylic acid groups (broad SMARTS) is 1. The lowest BCUT2D eigenvalue weighted by molar-refractivity contribution is -0.135. The van der Waals surface area contributed by atoms with Gasteiger partial charge < -0.3 is 15.3 Å². The molecule has 1 saturated heterocycles. The number of nitrogens with zero attached hydrogens (tertiary/aromatic N) is 3. The number of benzene rings is 1. The Balaban J connectivity index is 1.72. The number of aromatic carboxylic acids is 1. The van der Waals surface area contributed by atoms with Crippen LogP contribution in [0.15, 0.2) is 36.5 Å². The normalized spacial score (nSPS) is 15.1. The van der Waals surface area contributed by atoms with E-state index in [1.54, 1.807) is 29.2 Å². The van der Waals surface area contributed by atoms with E-state index < -0.39 is 5.97 Å². The van der Waals surface area contributed by atoms with E-state index in [4.69, 9.17) is 5.11 Å². The molecular weight excluding hydrogens is 348 g/mol. The minimum Gasteiger partial charge on any atom is -0.476 e. The molecule has 2 N–H and O–H groups in total. The van der Waals surface area contributed by atoms with Gasteiger partial charge in [-0.3, -0.25) is 9.59 Å². The molecule has 1 aromatic carbocycles. The molecule has 2 heterocycles. The number of carbonyl (C=O) groups is 3. The summed E-state index contributed by atoms with van der Waals surface area (Å²) in [6.07, 6.45) is 5.90. The van der Waals surface area contributed by atoms with E-state index in [0.29, 0.717) is 24.3 Å². The molecule has 0 aliphatic carbocycles. The first kappa shape index (κ1) is 18.6. The van der Waals surface area contributed by atoms with Crippen molar-refractivity contribution in [2.45, 2.75) is 32.1 Å². The topological polar surface area (TPSA) is 105 Å². The van der Waals surface area contributed by atoms with Crippen molar-refractivity contribution >= 4 is 23.5 Å². The number of hydrogen-bond acceptors (Lipinski definition) is 4. The van der Waals surface area contributed by atoms with Crippen molar-refractivity contribution in [2.75, 3.05) is 18.4 Å². The fraction of sp³-hybridized carbons (Fsp3) is 0.368. The highest BCUT2D eigenvalue weighted by Gasteiger charge is 2.19. The van der Waals surface area contributed by atoms with E-state index in [9.17, 15) is 14.4 Å². The predicted molar refractivity (Wildman–Crippen MR) is 98.8 cm³/mol. The first-order chi connectivity index (χ1) is 13.0. The van der Waals surface area contributed by atoms with Crippen LogP contribution in [0.2, 0.25) is 0 Å². The Bertz CT molecular complexity index is 846. The standard InChI is InChI=1S/C19H22N4O4/c24-17(13-22-11-6-2-1-3-9-18(22)25)20-14-7-4-5-8-16(14)23-12-10-15(21-23)19(26)27/h4-5,7-8,10,12H,1-3,6,9,11,13H2,(H,20,24)(H,26,27). The molecular formula is C19H22N4O4. The molecule has 0 radical (unpaired) electrons. The first-order valence-corrected chi connectivity index (χ1v) is 9.00. The summed E-state index contributed by atoms with van der Waals surface area (Å²) in [4.78, 5) is 37.3. The van der Waals surface area contributed by atoms with Gasteiger partial charge in [-0.05, 0) is 31.0 Å². The predicted octanol–water partition coefficient (Wildman–Crippen LogP) is 2.30. The second-order valence-electron chi connectivity index (χ2n) is 6.50. The average Bonchev–Trinajstić information content (AvgIpc) is 3.12. The number of carboxylic acids is 1. The van der Waals surface area contributed by atoms with E-state index in [0.717, 1.165) is 25.7 Å². The lowest BCUT2D eigenvalue weighted by Crippen LogP contribution is -2.39. The zero-order chi connectivity index (χ0) is 19.2. The molecule has 142 valence electrons. The van der Waals surface area contributed by atoms with Gasteiger partial charge in [0.15, 0.2) is 5.69 Å². The number of carbonyl (C=O) groups excluding carboxylic acids is 2. The number of para-hydroxylation sites is 2. The summed E-state index contributed by atoms with van der Waals surface area (Å²) in [7, 11) is 0. The number of anilines is 1. The van der Waals surface area contributed by atoms with Gasteiger partial charge in [-0.15, -0.1) is 0 Å². The van der Waals surface area contributed by atoms with Crippen molar-refractivity contribution in [2.24, 2.45) is 0 Å². The number of amides is 2. The van der Waals surface area contributed by atoms with Crippen LogP contribution in [0.25, 0.3) is 5.69 Å². The Morgan fingerprint density at radius 1 is 1.11 bits per heavy atom. The van der Waals surface area contributed by atoms with Gasteiger partial charge in [0.1, 0.15) is 0 Å². The lowest BCUT2D eigenvalue weighted by Gasteiger charge is -2.24. The molecule has 0 unspecified atom stereocenters. The highest BCUT2D eigenvalue weighted by molar-refractivity contribution is 5.96. The molecule has 27 heavy (non-hydrogen) atoms. The van der Waals surface area contributed by atoms with Crippen LogP contribution >= 0.6 is 0 Å². The molecule has 1 aromatic heterocycles. The van der Waals surface area contributed by atoms with Crippen LogP contribution in [0.1, 0.15) is 42.6 Å². The van der Waals surface area contributed by atoms with Crippen LogP contribution in [-0.4, -0.2) is 50.7 Å². The van der Waals surface area contributed by atoms with Crippen LogP contribution in [0.3, 0.4) is 0 Å². The Morgan fingerprint density at radius 3 is 2.67 bits per heavy atom. The summed E-state index contributed by atoms with van der Waals surface area (Å²) in [6.45, 7) is 0.599. The smallest absolute Gasteiger partial charge is 0.356 e. The van der Waals surface area contributed by atoms with E-state index in [-0.39, 0.29) is 24.1 Å². The van der Waals surface area contributed by atoms with Gasteiger partial charge >= 0.3 is 5.97 Å². The molecule has 2 amide bonds. The Labute approximate surface area is 156 Å². The van der Waals surface area contributed by atoms with Crippen LogP contribution < -0.4 is 5.32 Å². The second-order valence-corrected chi connectivity index (χ2v) is 6.50. The molecule has 2 aromatic rings. The third-order valence-electron chi connectivity index (χ3n) is 4.49. The highest BCUT2D eigenvalue weighted by Crippen LogP contribution is 2.20. The van der Waals surface area contributed by atoms with E-state index >= 15 is 0 Å². The maximum Gasteiger partial charge on any atom is 0.356 e. The van der Waals surface area contributed by atoms with Crippen LogP contribution in [0, 0.1) is 0 Å². The second kappa shape index (κ2) is 8.48. The van der Waals surface area contributed by atoms with E-state index in [2.05, 4.69) is 10.4 Å². The lowest BCUT2D eigenvalue weighted by atomic mass is 10.1. The summed E-state index contributed by atoms with van der Waals surface area (Å²) in [5, 5.41) is 15.8. The molecule has 1 aliphatic rings. The molecule has 0 spiro atoms. The minimum atomic E-state index is -1.12. The third kappa shape index (κ3) is 4.72. The average molecular weight is 370 g/mol. The summed E-state index contributed by atoms with van der Waals surface area (Å²) >= 11 is 0. The highest BCUT2D eigenvalue weighted by atomic mass is 16.4. The molecule has 0 bridgehead atoms. The maximum absolute atomic E-state index is 12.5. The zero-order valence-corrected chi connectivity index (χ0v) is 14.9. The quantitative estimate of drug-likeness (QED) is 0.840. The molecule has 3 rings (SSSR count). The molecule has 0 atom stereocenters. The largest absolute Gasteiger partial charge is 0.476 e. The van der Waals surface area contributed by atoms with Crippen LogP contribution in [0.4, 0.5) is 5.69 Å². The Hall–Kier alpha value is -3.16. The van der Waals surface area contributed by atoms with Crippen molar-refractivity contribution in [3.63, 3.8) is 0 Å². The van der Waals surface area contributed by atoms with E-state index in [1.807, 2.05) is 0 Å².